The zero-order valence-corrected chi connectivity index (χ0v) is 10.0. The van der Waals surface area contributed by atoms with Crippen LogP contribution in [0.15, 0.2) is 18.2 Å². The summed E-state index contributed by atoms with van der Waals surface area (Å²) in [6.45, 7) is 1.42. The molecule has 1 amide bonds. The smallest absolute Gasteiger partial charge is 0.257 e. The van der Waals surface area contributed by atoms with Crippen LogP contribution in [0, 0.1) is 11.6 Å². The molecule has 5 heteroatoms. The minimum Gasteiger partial charge on any atom is -0.352 e. The Morgan fingerprint density at radius 1 is 1.39 bits per heavy atom. The zero-order chi connectivity index (χ0) is 13.0. The highest BCUT2D eigenvalue weighted by Gasteiger charge is 2.18. The van der Waals surface area contributed by atoms with Crippen molar-refractivity contribution in [2.75, 3.05) is 13.1 Å². The third-order valence-corrected chi connectivity index (χ3v) is 3.13. The van der Waals surface area contributed by atoms with Crippen LogP contribution in [0.4, 0.5) is 8.78 Å². The van der Waals surface area contributed by atoms with Gasteiger partial charge in [0.05, 0.1) is 0 Å². The van der Waals surface area contributed by atoms with E-state index >= 15 is 0 Å². The molecular formula is C13H16F2N2O. The van der Waals surface area contributed by atoms with Crippen LogP contribution in [0.25, 0.3) is 0 Å². The van der Waals surface area contributed by atoms with E-state index in [0.717, 1.165) is 37.9 Å². The lowest BCUT2D eigenvalue weighted by molar-refractivity contribution is 0.0944. The van der Waals surface area contributed by atoms with Gasteiger partial charge in [0.1, 0.15) is 17.2 Å². The first-order valence-corrected chi connectivity index (χ1v) is 6.14. The molecule has 0 radical (unpaired) electrons. The third kappa shape index (κ3) is 3.04. The van der Waals surface area contributed by atoms with Gasteiger partial charge in [0.2, 0.25) is 0 Å². The topological polar surface area (TPSA) is 41.1 Å². The van der Waals surface area contributed by atoms with E-state index < -0.39 is 23.1 Å². The number of halogens is 2. The predicted molar refractivity (Wildman–Crippen MR) is 64.3 cm³/mol. The van der Waals surface area contributed by atoms with Crippen LogP contribution < -0.4 is 10.6 Å². The number of nitrogens with one attached hydrogen (secondary N) is 2. The highest BCUT2D eigenvalue weighted by atomic mass is 19.1. The first-order valence-electron chi connectivity index (χ1n) is 6.14. The molecule has 98 valence electrons. The first-order chi connectivity index (χ1) is 8.68. The maximum absolute atomic E-state index is 13.3. The van der Waals surface area contributed by atoms with Gasteiger partial charge in [0.25, 0.3) is 5.91 Å². The summed E-state index contributed by atoms with van der Waals surface area (Å²) in [7, 11) is 0. The van der Waals surface area contributed by atoms with Crippen LogP contribution in [-0.4, -0.2) is 25.0 Å². The lowest BCUT2D eigenvalue weighted by Crippen LogP contribution is -2.31. The Bertz CT molecular complexity index is 411. The summed E-state index contributed by atoms with van der Waals surface area (Å²) in [5.74, 6) is -2.35. The molecule has 0 aliphatic carbocycles. The van der Waals surface area contributed by atoms with Crippen molar-refractivity contribution in [3.05, 3.63) is 35.4 Å². The fourth-order valence-electron chi connectivity index (χ4n) is 2.17. The molecule has 0 unspecified atom stereocenters. The molecule has 0 aromatic heterocycles. The molecule has 1 atom stereocenters. The lowest BCUT2D eigenvalue weighted by Gasteiger charge is -2.11. The van der Waals surface area contributed by atoms with E-state index in [0.29, 0.717) is 12.6 Å². The molecule has 1 saturated heterocycles. The van der Waals surface area contributed by atoms with Crippen LogP contribution in [0.1, 0.15) is 29.6 Å². The summed E-state index contributed by atoms with van der Waals surface area (Å²) in [4.78, 5) is 11.6. The van der Waals surface area contributed by atoms with Crippen molar-refractivity contribution in [1.29, 1.82) is 0 Å². The van der Waals surface area contributed by atoms with Crippen LogP contribution in [0.2, 0.25) is 0 Å². The Hall–Kier alpha value is -1.49. The molecule has 2 rings (SSSR count). The standard InChI is InChI=1S/C13H16F2N2O/c14-10-4-1-5-11(15)12(10)13(18)17-8-6-9-3-2-7-16-9/h1,4-5,9,16H,2-3,6-8H2,(H,17,18)/t9-/m0/s1. The number of rotatable bonds is 4. The average molecular weight is 254 g/mol. The fraction of sp³-hybridized carbons (Fsp3) is 0.462. The van der Waals surface area contributed by atoms with Crippen molar-refractivity contribution in [3.8, 4) is 0 Å². The number of hydrogen-bond acceptors (Lipinski definition) is 2. The van der Waals surface area contributed by atoms with Crippen LogP contribution in [0.5, 0.6) is 0 Å². The quantitative estimate of drug-likeness (QED) is 0.860. The normalized spacial score (nSPS) is 18.9. The molecule has 18 heavy (non-hydrogen) atoms. The number of benzene rings is 1. The van der Waals surface area contributed by atoms with Gasteiger partial charge in [-0.25, -0.2) is 8.78 Å². The van der Waals surface area contributed by atoms with E-state index in [4.69, 9.17) is 0 Å². The van der Waals surface area contributed by atoms with Crippen molar-refractivity contribution in [2.45, 2.75) is 25.3 Å². The van der Waals surface area contributed by atoms with Crippen molar-refractivity contribution >= 4 is 5.91 Å². The van der Waals surface area contributed by atoms with Crippen molar-refractivity contribution in [3.63, 3.8) is 0 Å². The highest BCUT2D eigenvalue weighted by molar-refractivity contribution is 5.94. The van der Waals surface area contributed by atoms with Gasteiger partial charge in [-0.2, -0.15) is 0 Å². The SMILES string of the molecule is O=C(NCC[C@@H]1CCCN1)c1c(F)cccc1F. The first kappa shape index (κ1) is 13.0. The van der Waals surface area contributed by atoms with Crippen molar-refractivity contribution in [2.24, 2.45) is 0 Å². The molecule has 0 bridgehead atoms. The van der Waals surface area contributed by atoms with E-state index in [1.807, 2.05) is 0 Å². The third-order valence-electron chi connectivity index (χ3n) is 3.13. The van der Waals surface area contributed by atoms with Gasteiger partial charge >= 0.3 is 0 Å². The summed E-state index contributed by atoms with van der Waals surface area (Å²) in [6, 6.07) is 3.80. The summed E-state index contributed by atoms with van der Waals surface area (Å²) in [6.07, 6.45) is 3.01. The van der Waals surface area contributed by atoms with Gasteiger partial charge in [-0.1, -0.05) is 6.07 Å². The number of hydrogen-bond donors (Lipinski definition) is 2. The molecule has 3 nitrogen and oxygen atoms in total. The second kappa shape index (κ2) is 5.91. The Kier molecular flexibility index (Phi) is 4.25. The van der Waals surface area contributed by atoms with E-state index in [9.17, 15) is 13.6 Å². The largest absolute Gasteiger partial charge is 0.352 e. The molecule has 2 N–H and O–H groups in total. The number of amides is 1. The van der Waals surface area contributed by atoms with E-state index in [1.165, 1.54) is 6.07 Å². The lowest BCUT2D eigenvalue weighted by atomic mass is 10.1. The van der Waals surface area contributed by atoms with Crippen molar-refractivity contribution < 1.29 is 13.6 Å². The molecule has 1 aliphatic rings. The molecular weight excluding hydrogens is 238 g/mol. The highest BCUT2D eigenvalue weighted by Crippen LogP contribution is 2.12. The summed E-state index contributed by atoms with van der Waals surface area (Å²) in [5, 5.41) is 5.84. The van der Waals surface area contributed by atoms with Gasteiger partial charge in [-0.15, -0.1) is 0 Å². The van der Waals surface area contributed by atoms with E-state index in [2.05, 4.69) is 10.6 Å². The summed E-state index contributed by atoms with van der Waals surface area (Å²) >= 11 is 0. The van der Waals surface area contributed by atoms with E-state index in [-0.39, 0.29) is 0 Å². The molecule has 1 aromatic carbocycles. The molecule has 1 heterocycles. The Labute approximate surface area is 105 Å². The maximum Gasteiger partial charge on any atom is 0.257 e. The fourth-order valence-corrected chi connectivity index (χ4v) is 2.17. The van der Waals surface area contributed by atoms with Crippen molar-refractivity contribution in [1.82, 2.24) is 10.6 Å². The summed E-state index contributed by atoms with van der Waals surface area (Å²) < 4.78 is 26.6. The average Bonchev–Trinajstić information content (AvgIpc) is 2.82. The molecule has 0 spiro atoms. The van der Waals surface area contributed by atoms with Crippen LogP contribution in [-0.2, 0) is 0 Å². The van der Waals surface area contributed by atoms with Gasteiger partial charge in [0.15, 0.2) is 0 Å². The monoisotopic (exact) mass is 254 g/mol. The molecule has 1 aliphatic heterocycles. The molecule has 1 fully saturated rings. The van der Waals surface area contributed by atoms with E-state index in [1.54, 1.807) is 0 Å². The minimum absolute atomic E-state index is 0.399. The Morgan fingerprint density at radius 2 is 2.11 bits per heavy atom. The summed E-state index contributed by atoms with van der Waals surface area (Å²) in [5.41, 5.74) is -0.503. The van der Waals surface area contributed by atoms with Crippen LogP contribution >= 0.6 is 0 Å². The Balaban J connectivity index is 1.87. The van der Waals surface area contributed by atoms with Gasteiger partial charge < -0.3 is 10.6 Å². The molecule has 1 aromatic rings. The number of carbonyl (C=O) groups is 1. The zero-order valence-electron chi connectivity index (χ0n) is 10.0. The predicted octanol–water partition coefficient (Wildman–Crippen LogP) is 1.84. The van der Waals surface area contributed by atoms with Gasteiger partial charge in [-0.05, 0) is 37.9 Å². The maximum atomic E-state index is 13.3. The minimum atomic E-state index is -0.827. The second-order valence-corrected chi connectivity index (χ2v) is 4.43. The van der Waals surface area contributed by atoms with Gasteiger partial charge in [0, 0.05) is 12.6 Å². The van der Waals surface area contributed by atoms with Crippen LogP contribution in [0.3, 0.4) is 0 Å². The number of carbonyl (C=O) groups excluding carboxylic acids is 1. The van der Waals surface area contributed by atoms with Gasteiger partial charge in [-0.3, -0.25) is 4.79 Å². The second-order valence-electron chi connectivity index (χ2n) is 4.43. The molecule has 0 saturated carbocycles. The Morgan fingerprint density at radius 3 is 2.72 bits per heavy atom.